The fourth-order valence-electron chi connectivity index (χ4n) is 4.67. The number of hydrogen-bond donors (Lipinski definition) is 0. The number of rotatable bonds is 8. The Hall–Kier alpha value is -5.01. The van der Waals surface area contributed by atoms with Crippen LogP contribution in [0.5, 0.6) is 23.0 Å². The van der Waals surface area contributed by atoms with Crippen molar-refractivity contribution >= 4 is 11.4 Å². The minimum Gasteiger partial charge on any atom is -0.669 e. The maximum absolute atomic E-state index is 6.57. The van der Waals surface area contributed by atoms with Gasteiger partial charge in [0.1, 0.15) is 0 Å². The average molecular weight is 1010 g/mol. The molecule has 0 amide bonds. The molecule has 7 nitrogen and oxygen atoms in total. The van der Waals surface area contributed by atoms with Crippen LogP contribution < -0.4 is 19.3 Å². The molecule has 0 saturated carbocycles. The van der Waals surface area contributed by atoms with Crippen LogP contribution in [-0.2, 0) is 42.1 Å². The fraction of sp³-hybridized carbons (Fsp3) is 0.0732. The summed E-state index contributed by atoms with van der Waals surface area (Å²) in [5.41, 5.74) is 5.14. The number of benzene rings is 4. The molecule has 0 N–H and O–H groups in total. The third-order valence-electron chi connectivity index (χ3n) is 7.06. The number of anilines is 2. The van der Waals surface area contributed by atoms with Gasteiger partial charge in [0.05, 0.1) is 0 Å². The summed E-state index contributed by atoms with van der Waals surface area (Å²) in [7, 11) is 5.96. The van der Waals surface area contributed by atoms with E-state index in [1.54, 1.807) is 23.2 Å². The maximum Gasteiger partial charge on any atom is 4.00 e. The summed E-state index contributed by atoms with van der Waals surface area (Å²) in [5, 5.41) is 0. The van der Waals surface area contributed by atoms with Gasteiger partial charge in [-0.25, -0.2) is 24.2 Å². The van der Waals surface area contributed by atoms with Crippen molar-refractivity contribution in [2.24, 2.45) is 0 Å². The zero-order chi connectivity index (χ0) is 33.3. The molecule has 2 aromatic heterocycles. The number of pyridine rings is 1. The van der Waals surface area contributed by atoms with E-state index in [9.17, 15) is 0 Å². The van der Waals surface area contributed by atoms with Gasteiger partial charge in [0.2, 0.25) is 0 Å². The van der Waals surface area contributed by atoms with E-state index >= 15 is 0 Å². The van der Waals surface area contributed by atoms with Crippen molar-refractivity contribution in [1.82, 2.24) is 14.5 Å². The van der Waals surface area contributed by atoms with Crippen LogP contribution in [-0.4, -0.2) is 35.6 Å². The molecule has 0 bridgehead atoms. The summed E-state index contributed by atoms with van der Waals surface area (Å²) >= 11 is 0. The van der Waals surface area contributed by atoms with Crippen LogP contribution in [0.1, 0.15) is 0 Å². The van der Waals surface area contributed by atoms with Gasteiger partial charge in [0.25, 0.3) is 0 Å². The molecule has 0 spiro atoms. The summed E-state index contributed by atoms with van der Waals surface area (Å²) in [6.07, 6.45) is 15.7. The first-order valence-corrected chi connectivity index (χ1v) is 15.0. The maximum atomic E-state index is 6.57. The van der Waals surface area contributed by atoms with Crippen LogP contribution in [0, 0.1) is 49.5 Å². The number of hydrogen-bond acceptors (Lipinski definition) is 6. The van der Waals surface area contributed by atoms with Crippen molar-refractivity contribution in [1.29, 1.82) is 0 Å². The van der Waals surface area contributed by atoms with E-state index in [0.29, 0.717) is 23.0 Å². The third kappa shape index (κ3) is 10.0. The van der Waals surface area contributed by atoms with Gasteiger partial charge in [-0.3, -0.25) is 11.1 Å². The first-order chi connectivity index (χ1) is 23.4. The molecule has 1 aliphatic heterocycles. The summed E-state index contributed by atoms with van der Waals surface area (Å²) < 4.78 is 13.7. The van der Waals surface area contributed by atoms with Crippen LogP contribution in [0.3, 0.4) is 0 Å². The van der Waals surface area contributed by atoms with E-state index in [-0.39, 0.29) is 42.1 Å². The third-order valence-corrected chi connectivity index (χ3v) is 7.06. The predicted molar refractivity (Wildman–Crippen MR) is 187 cm³/mol. The molecule has 0 saturated heterocycles. The topological polar surface area (TPSA) is 46.0 Å². The van der Waals surface area contributed by atoms with Crippen molar-refractivity contribution in [3.8, 4) is 51.4 Å². The quantitative estimate of drug-likeness (QED) is 0.113. The SMILES string of the molecule is CN1C=CN(c2[c-]c(Oc3[c-]c(-c4cc(-c5[c-]c(Oc6[c-]ccc(N(C)C)c6)ccc5)[c-]cn4)ccc3)ccc2)[CH-]1.[C-]#Cn1cccc1.[Pt+4].[Pt]. The molecule has 0 radical (unpaired) electrons. The molecule has 7 rings (SSSR count). The van der Waals surface area contributed by atoms with Gasteiger partial charge >= 0.3 is 21.1 Å². The molecule has 6 aromatic rings. The summed E-state index contributed by atoms with van der Waals surface area (Å²) in [6, 6.07) is 47.3. The summed E-state index contributed by atoms with van der Waals surface area (Å²) in [6.45, 7) is 1.97. The average Bonchev–Trinajstić information content (AvgIpc) is 3.81. The zero-order valence-corrected chi connectivity index (χ0v) is 31.9. The standard InChI is InChI=1S/C35H26N4O2.C6H4N.2Pt/c1-37(2)29-10-6-14-33(23-29)40-31-12-4-8-26(20-31)27-16-17-36-35(22-27)28-9-5-13-32(21-28)41-34-15-7-11-30(24-34)39-19-18-38(3)25-39;1-2-7-5-3-4-6-7;;/h4-13,15,17-19,22-23,25H,1-3H3;3-6H;;/q-6;-1;;+4. The molecule has 0 aliphatic carbocycles. The molecular formula is C41H30N5O2Pt2-3. The largest absolute Gasteiger partial charge is 4.00 e. The van der Waals surface area contributed by atoms with E-state index in [4.69, 9.17) is 15.9 Å². The van der Waals surface area contributed by atoms with Gasteiger partial charge in [-0.2, -0.15) is 30.9 Å². The monoisotopic (exact) mass is 1010 g/mol. The second-order valence-electron chi connectivity index (χ2n) is 10.8. The Kier molecular flexibility index (Phi) is 13.7. The first-order valence-electron chi connectivity index (χ1n) is 15.0. The van der Waals surface area contributed by atoms with Crippen molar-refractivity contribution in [3.63, 3.8) is 0 Å². The molecular weight excluding hydrogens is 985 g/mol. The van der Waals surface area contributed by atoms with Gasteiger partial charge in [-0.1, -0.05) is 23.6 Å². The second kappa shape index (κ2) is 18.1. The molecule has 0 atom stereocenters. The molecule has 50 heavy (non-hydrogen) atoms. The van der Waals surface area contributed by atoms with Gasteiger partial charge in [-0.15, -0.1) is 71.9 Å². The normalized spacial score (nSPS) is 11.3. The Labute approximate surface area is 323 Å². The molecule has 254 valence electrons. The molecule has 0 fully saturated rings. The summed E-state index contributed by atoms with van der Waals surface area (Å²) in [5.74, 6) is 2.39. The zero-order valence-electron chi connectivity index (χ0n) is 27.3. The predicted octanol–water partition coefficient (Wildman–Crippen LogP) is 8.29. The van der Waals surface area contributed by atoms with Gasteiger partial charge in [0, 0.05) is 70.6 Å². The molecule has 4 aromatic carbocycles. The van der Waals surface area contributed by atoms with Gasteiger partial charge in [0.15, 0.2) is 0 Å². The Morgan fingerprint density at radius 3 is 2.08 bits per heavy atom. The van der Waals surface area contributed by atoms with E-state index in [2.05, 4.69) is 41.4 Å². The van der Waals surface area contributed by atoms with Crippen LogP contribution in [0.4, 0.5) is 11.4 Å². The Bertz CT molecular complexity index is 2060. The van der Waals surface area contributed by atoms with E-state index in [1.165, 1.54) is 0 Å². The van der Waals surface area contributed by atoms with Gasteiger partial charge in [-0.05, 0) is 31.6 Å². The molecule has 9 heteroatoms. The smallest absolute Gasteiger partial charge is 0.669 e. The molecule has 0 unspecified atom stereocenters. The molecule has 1 aliphatic rings. The van der Waals surface area contributed by atoms with Crippen LogP contribution in [0.25, 0.3) is 22.4 Å². The van der Waals surface area contributed by atoms with Crippen LogP contribution >= 0.6 is 0 Å². The van der Waals surface area contributed by atoms with E-state index in [0.717, 1.165) is 33.8 Å². The van der Waals surface area contributed by atoms with E-state index < -0.39 is 0 Å². The fourth-order valence-corrected chi connectivity index (χ4v) is 4.67. The Morgan fingerprint density at radius 1 is 0.760 bits per heavy atom. The summed E-state index contributed by atoms with van der Waals surface area (Å²) in [4.78, 5) is 10.5. The van der Waals surface area contributed by atoms with Crippen molar-refractivity contribution in [2.75, 3.05) is 30.9 Å². The van der Waals surface area contributed by atoms with Gasteiger partial charge < -0.3 is 40.1 Å². The van der Waals surface area contributed by atoms with Crippen molar-refractivity contribution in [3.05, 3.63) is 165 Å². The van der Waals surface area contributed by atoms with Crippen molar-refractivity contribution < 1.29 is 51.6 Å². The number of aromatic nitrogens is 2. The first kappa shape index (κ1) is 37.8. The van der Waals surface area contributed by atoms with Crippen molar-refractivity contribution in [2.45, 2.75) is 0 Å². The van der Waals surface area contributed by atoms with E-state index in [1.807, 2.05) is 146 Å². The number of ether oxygens (including phenoxy) is 2. The Morgan fingerprint density at radius 2 is 1.42 bits per heavy atom. The minimum atomic E-state index is 0. The molecule has 3 heterocycles. The second-order valence-corrected chi connectivity index (χ2v) is 10.8. The van der Waals surface area contributed by atoms with Crippen LogP contribution in [0.15, 0.2) is 122 Å². The number of nitrogens with zero attached hydrogens (tertiary/aromatic N) is 5. The Balaban J connectivity index is 0.000000559. The minimum absolute atomic E-state index is 0. The van der Waals surface area contributed by atoms with Crippen LogP contribution in [0.2, 0.25) is 0 Å².